The standard InChI is InChI=1S/C34H44N4O4/c1-24(2)18-20-38(21-19-26-10-6-4-7-11-26)31(23-27-12-8-5-9-13-27)34(42)37-32(40)25(3)36-33(41)30(35)22-28-14-16-29(39)17-15-28/h4-17,24-25,30-31,39H,18-23,35H2,1-3H3,(H,36,41)(H,37,40,42)/t25-,30+,31+/m1/s1. The minimum absolute atomic E-state index is 0.125. The summed E-state index contributed by atoms with van der Waals surface area (Å²) in [7, 11) is 0. The van der Waals surface area contributed by atoms with Crippen LogP contribution in [0.3, 0.4) is 0 Å². The van der Waals surface area contributed by atoms with E-state index < -0.39 is 35.8 Å². The third-order valence-electron chi connectivity index (χ3n) is 7.27. The van der Waals surface area contributed by atoms with E-state index in [1.807, 2.05) is 48.5 Å². The smallest absolute Gasteiger partial charge is 0.248 e. The number of carbonyl (C=O) groups is 3. The summed E-state index contributed by atoms with van der Waals surface area (Å²) in [5, 5.41) is 14.7. The quantitative estimate of drug-likeness (QED) is 0.221. The number of rotatable bonds is 15. The van der Waals surface area contributed by atoms with Gasteiger partial charge in [-0.15, -0.1) is 0 Å². The minimum atomic E-state index is -0.960. The molecule has 0 radical (unpaired) electrons. The van der Waals surface area contributed by atoms with Gasteiger partial charge in [-0.1, -0.05) is 86.6 Å². The van der Waals surface area contributed by atoms with E-state index in [0.29, 0.717) is 25.4 Å². The van der Waals surface area contributed by atoms with Gasteiger partial charge in [0.05, 0.1) is 12.1 Å². The number of nitrogens with two attached hydrogens (primary N) is 1. The molecule has 0 saturated carbocycles. The normalized spacial score (nSPS) is 13.4. The third-order valence-corrected chi connectivity index (χ3v) is 7.27. The van der Waals surface area contributed by atoms with Crippen molar-refractivity contribution in [2.45, 2.75) is 64.6 Å². The first-order chi connectivity index (χ1) is 20.1. The first kappa shape index (κ1) is 32.5. The van der Waals surface area contributed by atoms with Crippen LogP contribution in [-0.2, 0) is 33.6 Å². The largest absolute Gasteiger partial charge is 0.508 e. The zero-order valence-corrected chi connectivity index (χ0v) is 24.8. The zero-order valence-electron chi connectivity index (χ0n) is 24.8. The Morgan fingerprint density at radius 3 is 1.90 bits per heavy atom. The number of hydrogen-bond donors (Lipinski definition) is 4. The highest BCUT2D eigenvalue weighted by atomic mass is 16.3. The summed E-state index contributed by atoms with van der Waals surface area (Å²) in [6.07, 6.45) is 2.37. The lowest BCUT2D eigenvalue weighted by molar-refractivity contribution is -0.136. The fraction of sp³-hybridized carbons (Fsp3) is 0.382. The highest BCUT2D eigenvalue weighted by Crippen LogP contribution is 2.15. The van der Waals surface area contributed by atoms with Gasteiger partial charge < -0.3 is 16.2 Å². The molecule has 8 heteroatoms. The third kappa shape index (κ3) is 10.8. The predicted molar refractivity (Wildman–Crippen MR) is 166 cm³/mol. The van der Waals surface area contributed by atoms with Crippen LogP contribution < -0.4 is 16.4 Å². The Kier molecular flexibility index (Phi) is 12.7. The number of nitrogens with zero attached hydrogens (tertiary/aromatic N) is 1. The number of imide groups is 1. The molecule has 3 atom stereocenters. The van der Waals surface area contributed by atoms with E-state index in [1.165, 1.54) is 24.6 Å². The van der Waals surface area contributed by atoms with Gasteiger partial charge in [-0.05, 0) is 73.9 Å². The second-order valence-electron chi connectivity index (χ2n) is 11.2. The summed E-state index contributed by atoms with van der Waals surface area (Å²) in [4.78, 5) is 41.7. The van der Waals surface area contributed by atoms with E-state index in [0.717, 1.165) is 24.0 Å². The number of nitrogens with one attached hydrogen (secondary N) is 2. The van der Waals surface area contributed by atoms with Crippen molar-refractivity contribution >= 4 is 17.7 Å². The van der Waals surface area contributed by atoms with Crippen LogP contribution >= 0.6 is 0 Å². The maximum atomic E-state index is 13.7. The van der Waals surface area contributed by atoms with E-state index in [4.69, 9.17) is 5.73 Å². The number of phenols is 1. The van der Waals surface area contributed by atoms with Crippen molar-refractivity contribution < 1.29 is 19.5 Å². The fourth-order valence-corrected chi connectivity index (χ4v) is 4.67. The SMILES string of the molecule is CC(C)CCN(CCc1ccccc1)[C@@H](Cc1ccccc1)C(=O)NC(=O)[C@@H](C)NC(=O)[C@@H](N)Cc1ccc(O)cc1. The van der Waals surface area contributed by atoms with E-state index in [2.05, 4.69) is 41.5 Å². The molecule has 5 N–H and O–H groups in total. The number of benzene rings is 3. The summed E-state index contributed by atoms with van der Waals surface area (Å²) in [6, 6.07) is 23.9. The van der Waals surface area contributed by atoms with Gasteiger partial charge in [0.25, 0.3) is 0 Å². The van der Waals surface area contributed by atoms with Crippen LogP contribution in [0.5, 0.6) is 5.75 Å². The van der Waals surface area contributed by atoms with Crippen molar-refractivity contribution in [3.63, 3.8) is 0 Å². The van der Waals surface area contributed by atoms with Gasteiger partial charge in [-0.2, -0.15) is 0 Å². The average Bonchev–Trinajstić information content (AvgIpc) is 2.98. The molecule has 0 aliphatic rings. The summed E-state index contributed by atoms with van der Waals surface area (Å²) >= 11 is 0. The minimum Gasteiger partial charge on any atom is -0.508 e. The van der Waals surface area contributed by atoms with Crippen molar-refractivity contribution in [2.24, 2.45) is 11.7 Å². The van der Waals surface area contributed by atoms with E-state index in [9.17, 15) is 19.5 Å². The number of phenolic OH excluding ortho intramolecular Hbond substituents is 1. The van der Waals surface area contributed by atoms with Crippen LogP contribution in [0.4, 0.5) is 0 Å². The van der Waals surface area contributed by atoms with Crippen molar-refractivity contribution in [3.8, 4) is 5.75 Å². The monoisotopic (exact) mass is 572 g/mol. The van der Waals surface area contributed by atoms with Gasteiger partial charge >= 0.3 is 0 Å². The molecule has 0 heterocycles. The predicted octanol–water partition coefficient (Wildman–Crippen LogP) is 3.61. The molecule has 0 unspecified atom stereocenters. The molecule has 224 valence electrons. The zero-order chi connectivity index (χ0) is 30.5. The number of hydrogen-bond acceptors (Lipinski definition) is 6. The Hall–Kier alpha value is -4.01. The van der Waals surface area contributed by atoms with Gasteiger partial charge in [-0.3, -0.25) is 24.6 Å². The van der Waals surface area contributed by atoms with Gasteiger partial charge in [0.1, 0.15) is 11.8 Å². The van der Waals surface area contributed by atoms with Gasteiger partial charge in [-0.25, -0.2) is 0 Å². The lowest BCUT2D eigenvalue weighted by Gasteiger charge is -2.32. The van der Waals surface area contributed by atoms with Crippen LogP contribution in [0.1, 0.15) is 43.9 Å². The van der Waals surface area contributed by atoms with Gasteiger partial charge in [0, 0.05) is 6.54 Å². The van der Waals surface area contributed by atoms with E-state index >= 15 is 0 Å². The molecule has 0 aromatic heterocycles. The van der Waals surface area contributed by atoms with Crippen LogP contribution in [0.15, 0.2) is 84.9 Å². The summed E-state index contributed by atoms with van der Waals surface area (Å²) < 4.78 is 0. The maximum Gasteiger partial charge on any atom is 0.248 e. The Morgan fingerprint density at radius 1 is 0.738 bits per heavy atom. The van der Waals surface area contributed by atoms with Crippen molar-refractivity contribution in [1.82, 2.24) is 15.5 Å². The van der Waals surface area contributed by atoms with Crippen LogP contribution in [0.25, 0.3) is 0 Å². The first-order valence-electron chi connectivity index (χ1n) is 14.6. The molecule has 8 nitrogen and oxygen atoms in total. The Bertz CT molecular complexity index is 1270. The molecule has 3 aromatic rings. The average molecular weight is 573 g/mol. The Labute approximate surface area is 249 Å². The molecule has 0 saturated heterocycles. The highest BCUT2D eigenvalue weighted by molar-refractivity contribution is 6.01. The topological polar surface area (TPSA) is 125 Å². The number of amides is 3. The second kappa shape index (κ2) is 16.4. The summed E-state index contributed by atoms with van der Waals surface area (Å²) in [5.41, 5.74) is 9.03. The summed E-state index contributed by atoms with van der Waals surface area (Å²) in [5.74, 6) is -0.904. The molecule has 0 aliphatic heterocycles. The first-order valence-corrected chi connectivity index (χ1v) is 14.6. The molecule has 3 amide bonds. The van der Waals surface area contributed by atoms with Crippen LogP contribution in [0, 0.1) is 5.92 Å². The molecule has 0 spiro atoms. The van der Waals surface area contributed by atoms with Crippen molar-refractivity contribution in [1.29, 1.82) is 0 Å². The second-order valence-corrected chi connectivity index (χ2v) is 11.2. The van der Waals surface area contributed by atoms with Crippen molar-refractivity contribution in [3.05, 3.63) is 102 Å². The molecule has 0 aliphatic carbocycles. The molecule has 42 heavy (non-hydrogen) atoms. The highest BCUT2D eigenvalue weighted by Gasteiger charge is 2.29. The van der Waals surface area contributed by atoms with Crippen LogP contribution in [-0.4, -0.2) is 58.9 Å². The van der Waals surface area contributed by atoms with Crippen molar-refractivity contribution in [2.75, 3.05) is 13.1 Å². The molecule has 3 aromatic carbocycles. The van der Waals surface area contributed by atoms with Gasteiger partial charge in [0.15, 0.2) is 0 Å². The molecule has 3 rings (SSSR count). The maximum absolute atomic E-state index is 13.7. The molecular formula is C34H44N4O4. The lowest BCUT2D eigenvalue weighted by atomic mass is 10.0. The molecule has 0 bridgehead atoms. The number of aromatic hydroxyl groups is 1. The summed E-state index contributed by atoms with van der Waals surface area (Å²) in [6.45, 7) is 7.21. The molecular weight excluding hydrogens is 528 g/mol. The van der Waals surface area contributed by atoms with E-state index in [-0.39, 0.29) is 12.2 Å². The molecule has 0 fully saturated rings. The Morgan fingerprint density at radius 2 is 1.31 bits per heavy atom. The van der Waals surface area contributed by atoms with Crippen LogP contribution in [0.2, 0.25) is 0 Å². The number of carbonyl (C=O) groups excluding carboxylic acids is 3. The van der Waals surface area contributed by atoms with E-state index in [1.54, 1.807) is 12.1 Å². The lowest BCUT2D eigenvalue weighted by Crippen LogP contribution is -2.55. The Balaban J connectivity index is 1.69. The van der Waals surface area contributed by atoms with Gasteiger partial charge in [0.2, 0.25) is 17.7 Å². The fourth-order valence-electron chi connectivity index (χ4n) is 4.67.